The summed E-state index contributed by atoms with van der Waals surface area (Å²) in [7, 11) is 0. The maximum absolute atomic E-state index is 11.9. The van der Waals surface area contributed by atoms with Crippen LogP contribution < -0.4 is 5.32 Å². The first kappa shape index (κ1) is 11.0. The van der Waals surface area contributed by atoms with Crippen LogP contribution in [0.3, 0.4) is 0 Å². The summed E-state index contributed by atoms with van der Waals surface area (Å²) in [6.45, 7) is 2.21. The molecule has 2 heterocycles. The molecule has 3 rings (SSSR count). The van der Waals surface area contributed by atoms with E-state index in [-0.39, 0.29) is 5.91 Å². The molecule has 0 aliphatic heterocycles. The van der Waals surface area contributed by atoms with Gasteiger partial charge in [-0.2, -0.15) is 5.10 Å². The summed E-state index contributed by atoms with van der Waals surface area (Å²) < 4.78 is 0. The van der Waals surface area contributed by atoms with Gasteiger partial charge in [0.05, 0.1) is 5.56 Å². The Morgan fingerprint density at radius 2 is 2.39 bits per heavy atom. The van der Waals surface area contributed by atoms with Crippen LogP contribution in [0, 0.1) is 5.92 Å². The molecule has 92 valence electrons. The lowest BCUT2D eigenvalue weighted by Crippen LogP contribution is -2.12. The van der Waals surface area contributed by atoms with E-state index in [0.29, 0.717) is 23.2 Å². The van der Waals surface area contributed by atoms with Crippen molar-refractivity contribution < 1.29 is 4.79 Å². The Labute approximate surface area is 105 Å². The SMILES string of the molecule is CC1CC1c1cc(NC(=O)c2cccnc2)n[nH]1. The van der Waals surface area contributed by atoms with Gasteiger partial charge in [-0.05, 0) is 24.5 Å². The van der Waals surface area contributed by atoms with E-state index in [4.69, 9.17) is 0 Å². The molecule has 2 aromatic rings. The second-order valence-electron chi connectivity index (χ2n) is 4.72. The summed E-state index contributed by atoms with van der Waals surface area (Å²) >= 11 is 0. The molecule has 2 N–H and O–H groups in total. The van der Waals surface area contributed by atoms with Gasteiger partial charge in [-0.3, -0.25) is 14.9 Å². The van der Waals surface area contributed by atoms with Crippen LogP contribution in [-0.2, 0) is 0 Å². The standard InChI is InChI=1S/C13H14N4O/c1-8-5-10(8)11-6-12(17-16-11)15-13(18)9-3-2-4-14-7-9/h2-4,6-8,10H,5H2,1H3,(H2,15,16,17,18). The summed E-state index contributed by atoms with van der Waals surface area (Å²) in [5.41, 5.74) is 1.63. The minimum Gasteiger partial charge on any atom is -0.305 e. The molecule has 0 radical (unpaired) electrons. The van der Waals surface area contributed by atoms with E-state index in [1.165, 1.54) is 12.6 Å². The molecular weight excluding hydrogens is 228 g/mol. The van der Waals surface area contributed by atoms with Crippen LogP contribution in [0.4, 0.5) is 5.82 Å². The van der Waals surface area contributed by atoms with Gasteiger partial charge in [-0.15, -0.1) is 0 Å². The van der Waals surface area contributed by atoms with E-state index in [0.717, 1.165) is 5.69 Å². The normalized spacial score (nSPS) is 21.6. The van der Waals surface area contributed by atoms with Gasteiger partial charge < -0.3 is 5.32 Å². The Kier molecular flexibility index (Phi) is 2.59. The number of carbonyl (C=O) groups excluding carboxylic acids is 1. The van der Waals surface area contributed by atoms with Gasteiger partial charge in [-0.25, -0.2) is 0 Å². The number of anilines is 1. The third kappa shape index (κ3) is 2.11. The molecule has 0 saturated heterocycles. The highest BCUT2D eigenvalue weighted by Gasteiger charge is 2.35. The van der Waals surface area contributed by atoms with E-state index in [9.17, 15) is 4.79 Å². The number of pyridine rings is 1. The highest BCUT2D eigenvalue weighted by molar-refractivity contribution is 6.03. The van der Waals surface area contributed by atoms with E-state index in [1.54, 1.807) is 18.3 Å². The number of aromatic nitrogens is 3. The minimum atomic E-state index is -0.190. The molecule has 18 heavy (non-hydrogen) atoms. The third-order valence-corrected chi connectivity index (χ3v) is 3.27. The zero-order valence-corrected chi connectivity index (χ0v) is 10.1. The lowest BCUT2D eigenvalue weighted by molar-refractivity contribution is 0.102. The van der Waals surface area contributed by atoms with Crippen molar-refractivity contribution in [2.75, 3.05) is 5.32 Å². The van der Waals surface area contributed by atoms with Crippen molar-refractivity contribution in [3.63, 3.8) is 0 Å². The maximum Gasteiger partial charge on any atom is 0.258 e. The Hall–Kier alpha value is -2.17. The van der Waals surface area contributed by atoms with Crippen LogP contribution in [0.2, 0.25) is 0 Å². The lowest BCUT2D eigenvalue weighted by atomic mass is 10.2. The van der Waals surface area contributed by atoms with Crippen molar-refractivity contribution in [3.05, 3.63) is 41.9 Å². The fourth-order valence-electron chi connectivity index (χ4n) is 2.03. The Morgan fingerprint density at radius 3 is 3.06 bits per heavy atom. The number of hydrogen-bond acceptors (Lipinski definition) is 3. The van der Waals surface area contributed by atoms with Crippen molar-refractivity contribution in [3.8, 4) is 0 Å². The predicted molar refractivity (Wildman–Crippen MR) is 67.3 cm³/mol. The topological polar surface area (TPSA) is 70.7 Å². The van der Waals surface area contributed by atoms with Crippen LogP contribution in [0.5, 0.6) is 0 Å². The number of H-pyrrole nitrogens is 1. The first-order chi connectivity index (χ1) is 8.74. The molecule has 1 aliphatic carbocycles. The van der Waals surface area contributed by atoms with Crippen LogP contribution in [-0.4, -0.2) is 21.1 Å². The fraction of sp³-hybridized carbons (Fsp3) is 0.308. The van der Waals surface area contributed by atoms with E-state index < -0.39 is 0 Å². The smallest absolute Gasteiger partial charge is 0.258 e. The number of nitrogens with zero attached hydrogens (tertiary/aromatic N) is 2. The monoisotopic (exact) mass is 242 g/mol. The maximum atomic E-state index is 11.9. The van der Waals surface area contributed by atoms with Gasteiger partial charge in [-0.1, -0.05) is 6.92 Å². The molecule has 0 bridgehead atoms. The third-order valence-electron chi connectivity index (χ3n) is 3.27. The molecular formula is C13H14N4O. The minimum absolute atomic E-state index is 0.190. The van der Waals surface area contributed by atoms with E-state index in [2.05, 4.69) is 27.4 Å². The van der Waals surface area contributed by atoms with Crippen molar-refractivity contribution in [1.29, 1.82) is 0 Å². The molecule has 1 fully saturated rings. The molecule has 2 unspecified atom stereocenters. The number of aromatic amines is 1. The van der Waals surface area contributed by atoms with Crippen molar-refractivity contribution in [2.24, 2.45) is 5.92 Å². The average Bonchev–Trinajstić information content (AvgIpc) is 2.94. The van der Waals surface area contributed by atoms with Gasteiger partial charge >= 0.3 is 0 Å². The van der Waals surface area contributed by atoms with Gasteiger partial charge in [0, 0.05) is 30.1 Å². The molecule has 5 nitrogen and oxygen atoms in total. The van der Waals surface area contributed by atoms with Crippen LogP contribution in [0.15, 0.2) is 30.6 Å². The Bertz CT molecular complexity index is 563. The van der Waals surface area contributed by atoms with Crippen molar-refractivity contribution in [1.82, 2.24) is 15.2 Å². The second kappa shape index (κ2) is 4.25. The second-order valence-corrected chi connectivity index (χ2v) is 4.72. The highest BCUT2D eigenvalue weighted by Crippen LogP contribution is 2.46. The van der Waals surface area contributed by atoms with Crippen LogP contribution in [0.1, 0.15) is 35.3 Å². The van der Waals surface area contributed by atoms with Gasteiger partial charge in [0.2, 0.25) is 0 Å². The van der Waals surface area contributed by atoms with Crippen molar-refractivity contribution in [2.45, 2.75) is 19.3 Å². The molecule has 2 aromatic heterocycles. The first-order valence-corrected chi connectivity index (χ1v) is 6.00. The summed E-state index contributed by atoms with van der Waals surface area (Å²) in [5.74, 6) is 1.66. The molecule has 2 atom stereocenters. The van der Waals surface area contributed by atoms with E-state index >= 15 is 0 Å². The zero-order valence-electron chi connectivity index (χ0n) is 10.1. The summed E-state index contributed by atoms with van der Waals surface area (Å²) in [6, 6.07) is 5.36. The van der Waals surface area contributed by atoms with E-state index in [1.807, 2.05) is 6.07 Å². The molecule has 1 saturated carbocycles. The highest BCUT2D eigenvalue weighted by atomic mass is 16.1. The molecule has 1 amide bonds. The van der Waals surface area contributed by atoms with Gasteiger partial charge in [0.1, 0.15) is 0 Å². The van der Waals surface area contributed by atoms with Gasteiger partial charge in [0.15, 0.2) is 5.82 Å². The predicted octanol–water partition coefficient (Wildman–Crippen LogP) is 2.18. The Balaban J connectivity index is 1.69. The lowest BCUT2D eigenvalue weighted by Gasteiger charge is -1.99. The fourth-order valence-corrected chi connectivity index (χ4v) is 2.03. The molecule has 0 spiro atoms. The quantitative estimate of drug-likeness (QED) is 0.866. The molecule has 5 heteroatoms. The summed E-state index contributed by atoms with van der Waals surface area (Å²) in [4.78, 5) is 15.8. The number of hydrogen-bond donors (Lipinski definition) is 2. The van der Waals surface area contributed by atoms with Crippen LogP contribution >= 0.6 is 0 Å². The summed E-state index contributed by atoms with van der Waals surface area (Å²) in [5, 5.41) is 9.83. The first-order valence-electron chi connectivity index (χ1n) is 6.00. The summed E-state index contributed by atoms with van der Waals surface area (Å²) in [6.07, 6.45) is 4.36. The van der Waals surface area contributed by atoms with Gasteiger partial charge in [0.25, 0.3) is 5.91 Å². The molecule has 0 aromatic carbocycles. The van der Waals surface area contributed by atoms with Crippen LogP contribution in [0.25, 0.3) is 0 Å². The Morgan fingerprint density at radius 1 is 1.56 bits per heavy atom. The average molecular weight is 242 g/mol. The number of nitrogens with one attached hydrogen (secondary N) is 2. The largest absolute Gasteiger partial charge is 0.305 e. The molecule has 1 aliphatic rings. The zero-order chi connectivity index (χ0) is 12.5. The number of amides is 1. The number of rotatable bonds is 3. The number of carbonyl (C=O) groups is 1. The van der Waals surface area contributed by atoms with Crippen molar-refractivity contribution >= 4 is 11.7 Å².